The zero-order valence-corrected chi connectivity index (χ0v) is 12.4. The SMILES string of the molecule is COc1ccc(CN(C)C)cc1NCc1ccccc1. The number of nitrogens with zero attached hydrogens (tertiary/aromatic N) is 1. The molecule has 0 aromatic heterocycles. The molecule has 0 aliphatic rings. The van der Waals surface area contributed by atoms with Crippen molar-refractivity contribution < 1.29 is 4.74 Å². The zero-order chi connectivity index (χ0) is 14.4. The van der Waals surface area contributed by atoms with E-state index in [4.69, 9.17) is 4.74 Å². The number of rotatable bonds is 6. The molecule has 0 spiro atoms. The maximum Gasteiger partial charge on any atom is 0.141 e. The Kier molecular flexibility index (Phi) is 5.02. The summed E-state index contributed by atoms with van der Waals surface area (Å²) in [4.78, 5) is 2.16. The maximum absolute atomic E-state index is 5.42. The smallest absolute Gasteiger partial charge is 0.141 e. The van der Waals surface area contributed by atoms with Crippen molar-refractivity contribution in [1.29, 1.82) is 0 Å². The lowest BCUT2D eigenvalue weighted by atomic mass is 10.1. The highest BCUT2D eigenvalue weighted by molar-refractivity contribution is 5.58. The van der Waals surface area contributed by atoms with Crippen LogP contribution in [0.2, 0.25) is 0 Å². The average molecular weight is 270 g/mol. The van der Waals surface area contributed by atoms with E-state index in [0.29, 0.717) is 0 Å². The van der Waals surface area contributed by atoms with Crippen LogP contribution in [0, 0.1) is 0 Å². The fourth-order valence-electron chi connectivity index (χ4n) is 2.15. The molecule has 0 amide bonds. The van der Waals surface area contributed by atoms with Gasteiger partial charge in [0.05, 0.1) is 12.8 Å². The van der Waals surface area contributed by atoms with E-state index >= 15 is 0 Å². The van der Waals surface area contributed by atoms with Crippen LogP contribution in [0.3, 0.4) is 0 Å². The van der Waals surface area contributed by atoms with Crippen LogP contribution in [0.25, 0.3) is 0 Å². The molecule has 0 fully saturated rings. The number of ether oxygens (including phenoxy) is 1. The molecule has 2 aromatic rings. The first kappa shape index (κ1) is 14.4. The third-order valence-electron chi connectivity index (χ3n) is 3.09. The minimum atomic E-state index is 0.794. The summed E-state index contributed by atoms with van der Waals surface area (Å²) in [7, 11) is 5.84. The van der Waals surface area contributed by atoms with Gasteiger partial charge in [-0.1, -0.05) is 36.4 Å². The van der Waals surface area contributed by atoms with Gasteiger partial charge in [0.2, 0.25) is 0 Å². The average Bonchev–Trinajstić information content (AvgIpc) is 2.46. The molecule has 106 valence electrons. The van der Waals surface area contributed by atoms with E-state index in [1.54, 1.807) is 7.11 Å². The van der Waals surface area contributed by atoms with Gasteiger partial charge in [-0.3, -0.25) is 0 Å². The Bertz CT molecular complexity index is 538. The summed E-state index contributed by atoms with van der Waals surface area (Å²) in [5.74, 6) is 0.878. The first-order valence-corrected chi connectivity index (χ1v) is 6.78. The Labute approximate surface area is 121 Å². The predicted octanol–water partition coefficient (Wildman–Crippen LogP) is 3.37. The van der Waals surface area contributed by atoms with Gasteiger partial charge in [-0.05, 0) is 37.4 Å². The first-order chi connectivity index (χ1) is 9.69. The van der Waals surface area contributed by atoms with Crippen LogP contribution in [0.4, 0.5) is 5.69 Å². The van der Waals surface area contributed by atoms with Crippen LogP contribution in [-0.2, 0) is 13.1 Å². The summed E-state index contributed by atoms with van der Waals surface area (Å²) < 4.78 is 5.42. The van der Waals surface area contributed by atoms with Crippen molar-refractivity contribution in [3.05, 3.63) is 59.7 Å². The summed E-state index contributed by atoms with van der Waals surface area (Å²) in [6.45, 7) is 1.71. The highest BCUT2D eigenvalue weighted by Gasteiger charge is 2.05. The Morgan fingerprint density at radius 2 is 1.75 bits per heavy atom. The van der Waals surface area contributed by atoms with E-state index in [1.807, 2.05) is 12.1 Å². The molecule has 0 aliphatic heterocycles. The van der Waals surface area contributed by atoms with Crippen LogP contribution in [0.5, 0.6) is 5.75 Å². The molecule has 2 aromatic carbocycles. The monoisotopic (exact) mass is 270 g/mol. The molecule has 0 saturated carbocycles. The van der Waals surface area contributed by atoms with E-state index < -0.39 is 0 Å². The van der Waals surface area contributed by atoms with Gasteiger partial charge < -0.3 is 15.0 Å². The fourth-order valence-corrected chi connectivity index (χ4v) is 2.15. The third kappa shape index (κ3) is 4.00. The minimum Gasteiger partial charge on any atom is -0.495 e. The molecule has 3 heteroatoms. The van der Waals surface area contributed by atoms with Crippen LogP contribution >= 0.6 is 0 Å². The van der Waals surface area contributed by atoms with Crippen molar-refractivity contribution in [3.63, 3.8) is 0 Å². The largest absolute Gasteiger partial charge is 0.495 e. The van der Waals surface area contributed by atoms with Gasteiger partial charge in [0.1, 0.15) is 5.75 Å². The van der Waals surface area contributed by atoms with Crippen LogP contribution < -0.4 is 10.1 Å². The lowest BCUT2D eigenvalue weighted by molar-refractivity contribution is 0.400. The molecule has 0 unspecified atom stereocenters. The Morgan fingerprint density at radius 1 is 1.00 bits per heavy atom. The molecule has 0 radical (unpaired) electrons. The van der Waals surface area contributed by atoms with E-state index in [2.05, 4.69) is 60.7 Å². The van der Waals surface area contributed by atoms with E-state index in [9.17, 15) is 0 Å². The van der Waals surface area contributed by atoms with E-state index in [-0.39, 0.29) is 0 Å². The van der Waals surface area contributed by atoms with Crippen molar-refractivity contribution in [2.45, 2.75) is 13.1 Å². The second kappa shape index (κ2) is 6.96. The predicted molar refractivity (Wildman–Crippen MR) is 84.2 cm³/mol. The highest BCUT2D eigenvalue weighted by atomic mass is 16.5. The normalized spacial score (nSPS) is 10.6. The molecule has 1 N–H and O–H groups in total. The molecular formula is C17H22N2O. The number of nitrogens with one attached hydrogen (secondary N) is 1. The maximum atomic E-state index is 5.42. The van der Waals surface area contributed by atoms with Gasteiger partial charge in [-0.15, -0.1) is 0 Å². The van der Waals surface area contributed by atoms with Gasteiger partial charge in [-0.2, -0.15) is 0 Å². The van der Waals surface area contributed by atoms with Crippen molar-refractivity contribution in [3.8, 4) is 5.75 Å². The second-order valence-electron chi connectivity index (χ2n) is 5.11. The van der Waals surface area contributed by atoms with Gasteiger partial charge in [0.15, 0.2) is 0 Å². The minimum absolute atomic E-state index is 0.794. The van der Waals surface area contributed by atoms with E-state index in [1.165, 1.54) is 11.1 Å². The standard InChI is InChI=1S/C17H22N2O/c1-19(2)13-15-9-10-17(20-3)16(11-15)18-12-14-7-5-4-6-8-14/h4-11,18H,12-13H2,1-3H3. The summed E-state index contributed by atoms with van der Waals surface area (Å²) in [6.07, 6.45) is 0. The summed E-state index contributed by atoms with van der Waals surface area (Å²) in [5, 5.41) is 3.45. The highest BCUT2D eigenvalue weighted by Crippen LogP contribution is 2.26. The number of hydrogen-bond donors (Lipinski definition) is 1. The topological polar surface area (TPSA) is 24.5 Å². The summed E-state index contributed by atoms with van der Waals surface area (Å²) in [6, 6.07) is 16.6. The molecule has 0 bridgehead atoms. The van der Waals surface area contributed by atoms with Crippen molar-refractivity contribution >= 4 is 5.69 Å². The van der Waals surface area contributed by atoms with Crippen LogP contribution in [0.15, 0.2) is 48.5 Å². The van der Waals surface area contributed by atoms with Crippen molar-refractivity contribution in [1.82, 2.24) is 4.90 Å². The quantitative estimate of drug-likeness (QED) is 0.871. The summed E-state index contributed by atoms with van der Waals surface area (Å²) in [5.41, 5.74) is 3.56. The molecular weight excluding hydrogens is 248 g/mol. The first-order valence-electron chi connectivity index (χ1n) is 6.78. The number of anilines is 1. The molecule has 0 aliphatic carbocycles. The molecule has 2 rings (SSSR count). The lowest BCUT2D eigenvalue weighted by Gasteiger charge is -2.15. The van der Waals surface area contributed by atoms with Gasteiger partial charge in [0, 0.05) is 13.1 Å². The Hall–Kier alpha value is -2.00. The second-order valence-corrected chi connectivity index (χ2v) is 5.11. The molecule has 0 heterocycles. The lowest BCUT2D eigenvalue weighted by Crippen LogP contribution is -2.11. The summed E-state index contributed by atoms with van der Waals surface area (Å²) >= 11 is 0. The van der Waals surface area contributed by atoms with Gasteiger partial charge in [-0.25, -0.2) is 0 Å². The van der Waals surface area contributed by atoms with Crippen molar-refractivity contribution in [2.75, 3.05) is 26.5 Å². The Balaban J connectivity index is 2.12. The Morgan fingerprint density at radius 3 is 2.40 bits per heavy atom. The van der Waals surface area contributed by atoms with Gasteiger partial charge in [0.25, 0.3) is 0 Å². The van der Waals surface area contributed by atoms with E-state index in [0.717, 1.165) is 24.5 Å². The fraction of sp³-hybridized carbons (Fsp3) is 0.294. The number of methoxy groups -OCH3 is 1. The van der Waals surface area contributed by atoms with Crippen LogP contribution in [0.1, 0.15) is 11.1 Å². The zero-order valence-electron chi connectivity index (χ0n) is 12.4. The molecule has 20 heavy (non-hydrogen) atoms. The van der Waals surface area contributed by atoms with Crippen molar-refractivity contribution in [2.24, 2.45) is 0 Å². The number of hydrogen-bond acceptors (Lipinski definition) is 3. The molecule has 0 atom stereocenters. The van der Waals surface area contributed by atoms with Crippen LogP contribution in [-0.4, -0.2) is 26.1 Å². The molecule has 3 nitrogen and oxygen atoms in total. The third-order valence-corrected chi connectivity index (χ3v) is 3.09. The van der Waals surface area contributed by atoms with Gasteiger partial charge >= 0.3 is 0 Å². The molecule has 0 saturated heterocycles. The number of benzene rings is 2.